The Hall–Kier alpha value is -0.0400. The van der Waals surface area contributed by atoms with E-state index in [4.69, 9.17) is 5.11 Å². The summed E-state index contributed by atoms with van der Waals surface area (Å²) in [5.41, 5.74) is 0.633. The number of rotatable bonds is 47. The average molecular weight is 886 g/mol. The van der Waals surface area contributed by atoms with Gasteiger partial charge in [-0.3, -0.25) is 0 Å². The molecule has 0 saturated heterocycles. The van der Waals surface area contributed by atoms with Crippen LogP contribution in [0.5, 0.6) is 0 Å². The summed E-state index contributed by atoms with van der Waals surface area (Å²) < 4.78 is 0. The van der Waals surface area contributed by atoms with Crippen LogP contribution in [0.2, 0.25) is 0 Å². The van der Waals surface area contributed by atoms with E-state index in [1.807, 2.05) is 0 Å². The maximum Gasteiger partial charge on any atom is 0.0431 e. The summed E-state index contributed by atoms with van der Waals surface area (Å²) in [6.07, 6.45) is 83.9. The van der Waals surface area contributed by atoms with Crippen molar-refractivity contribution in [2.45, 2.75) is 380 Å². The summed E-state index contributed by atoms with van der Waals surface area (Å²) >= 11 is 0. The van der Waals surface area contributed by atoms with Gasteiger partial charge in [0.25, 0.3) is 0 Å². The third-order valence-electron chi connectivity index (χ3n) is 16.4. The summed E-state index contributed by atoms with van der Waals surface area (Å²) in [7, 11) is 0. The number of unbranched alkanes of at least 4 members (excludes halogenated alkanes) is 40. The van der Waals surface area contributed by atoms with Crippen LogP contribution in [0.15, 0.2) is 0 Å². The van der Waals surface area contributed by atoms with E-state index >= 15 is 0 Å². The van der Waals surface area contributed by atoms with Crippen molar-refractivity contribution in [2.75, 3.05) is 6.61 Å². The number of hydrogen-bond donors (Lipinski definition) is 1. The van der Waals surface area contributed by atoms with Gasteiger partial charge in [-0.1, -0.05) is 341 Å². The Morgan fingerprint density at radius 2 is 0.540 bits per heavy atom. The Labute approximate surface area is 401 Å². The van der Waals surface area contributed by atoms with Crippen LogP contribution < -0.4 is 0 Å². The smallest absolute Gasteiger partial charge is 0.0431 e. The number of aliphatic hydroxyl groups excluding tert-OH is 1. The molecule has 1 fully saturated rings. The fourth-order valence-corrected chi connectivity index (χ4v) is 12.0. The Morgan fingerprint density at radius 1 is 0.286 bits per heavy atom. The quantitative estimate of drug-likeness (QED) is 0.0604. The van der Waals surface area contributed by atoms with Gasteiger partial charge in [0.1, 0.15) is 0 Å². The maximum absolute atomic E-state index is 9.07. The Kier molecular flexibility index (Phi) is 49.7. The van der Waals surface area contributed by atoms with Gasteiger partial charge in [-0.2, -0.15) is 0 Å². The molecule has 0 aromatic carbocycles. The highest BCUT2D eigenvalue weighted by molar-refractivity contribution is 4.87. The SMILES string of the molecule is CCCCCCCCCCCCCCCCCCC1CCCCCCCCCCCC1(CCCCCCCCCCCCCO)CCCCCCCCCCCCCCCCCC. The van der Waals surface area contributed by atoms with Crippen LogP contribution in [0.25, 0.3) is 0 Å². The van der Waals surface area contributed by atoms with Crippen molar-refractivity contribution in [1.82, 2.24) is 0 Å². The van der Waals surface area contributed by atoms with Gasteiger partial charge in [0.15, 0.2) is 0 Å². The van der Waals surface area contributed by atoms with E-state index in [9.17, 15) is 0 Å². The van der Waals surface area contributed by atoms with Crippen molar-refractivity contribution in [3.63, 3.8) is 0 Å². The summed E-state index contributed by atoms with van der Waals surface area (Å²) in [6.45, 7) is 5.03. The maximum atomic E-state index is 9.07. The highest BCUT2D eigenvalue weighted by Crippen LogP contribution is 2.48. The van der Waals surface area contributed by atoms with E-state index in [0.717, 1.165) is 12.3 Å². The van der Waals surface area contributed by atoms with Crippen LogP contribution in [0.1, 0.15) is 380 Å². The van der Waals surface area contributed by atoms with Gasteiger partial charge in [0.05, 0.1) is 0 Å². The molecule has 0 aromatic heterocycles. The van der Waals surface area contributed by atoms with E-state index in [2.05, 4.69) is 13.8 Å². The van der Waals surface area contributed by atoms with Crippen molar-refractivity contribution in [3.8, 4) is 0 Å². The molecule has 378 valence electrons. The van der Waals surface area contributed by atoms with Gasteiger partial charge >= 0.3 is 0 Å². The topological polar surface area (TPSA) is 20.2 Å². The van der Waals surface area contributed by atoms with Crippen LogP contribution in [-0.2, 0) is 0 Å². The number of hydrogen-bond acceptors (Lipinski definition) is 1. The second-order valence-electron chi connectivity index (χ2n) is 22.3. The van der Waals surface area contributed by atoms with E-state index in [-0.39, 0.29) is 0 Å². The second kappa shape index (κ2) is 51.4. The van der Waals surface area contributed by atoms with Gasteiger partial charge in [0, 0.05) is 6.61 Å². The first kappa shape index (κ1) is 61.0. The highest BCUT2D eigenvalue weighted by atomic mass is 16.2. The lowest BCUT2D eigenvalue weighted by Crippen LogP contribution is -2.31. The summed E-state index contributed by atoms with van der Waals surface area (Å²) in [6, 6.07) is 0. The molecule has 0 radical (unpaired) electrons. The predicted molar refractivity (Wildman–Crippen MR) is 288 cm³/mol. The van der Waals surface area contributed by atoms with Crippen LogP contribution in [0, 0.1) is 11.3 Å². The molecule has 1 aliphatic rings. The molecule has 2 unspecified atom stereocenters. The molecule has 1 aliphatic carbocycles. The zero-order valence-electron chi connectivity index (χ0n) is 44.5. The minimum Gasteiger partial charge on any atom is -0.396 e. The normalized spacial score (nSPS) is 18.0. The Morgan fingerprint density at radius 3 is 0.857 bits per heavy atom. The van der Waals surface area contributed by atoms with Crippen LogP contribution in [0.3, 0.4) is 0 Å². The molecule has 63 heavy (non-hydrogen) atoms. The summed E-state index contributed by atoms with van der Waals surface area (Å²) in [4.78, 5) is 0. The molecule has 0 spiro atoms. The molecule has 1 saturated carbocycles. The predicted octanol–water partition coefficient (Wildman–Crippen LogP) is 22.9. The highest BCUT2D eigenvalue weighted by Gasteiger charge is 2.36. The minimum absolute atomic E-state index is 0.376. The number of aliphatic hydroxyl groups is 1. The molecule has 1 N–H and O–H groups in total. The lowest BCUT2D eigenvalue weighted by atomic mass is 9.62. The fraction of sp³-hybridized carbons (Fsp3) is 1.00. The molecular formula is C62H124O. The van der Waals surface area contributed by atoms with Crippen LogP contribution >= 0.6 is 0 Å². The third-order valence-corrected chi connectivity index (χ3v) is 16.4. The first-order valence-electron chi connectivity index (χ1n) is 30.9. The first-order valence-corrected chi connectivity index (χ1v) is 30.9. The summed E-state index contributed by atoms with van der Waals surface area (Å²) in [5.74, 6) is 0.993. The molecule has 1 nitrogen and oxygen atoms in total. The largest absolute Gasteiger partial charge is 0.396 e. The van der Waals surface area contributed by atoms with Crippen molar-refractivity contribution >= 4 is 0 Å². The second-order valence-corrected chi connectivity index (χ2v) is 22.3. The Bertz CT molecular complexity index is 820. The van der Waals surface area contributed by atoms with Gasteiger partial charge in [0.2, 0.25) is 0 Å². The minimum atomic E-state index is 0.376. The molecule has 1 heteroatoms. The molecule has 1 rings (SSSR count). The van der Waals surface area contributed by atoms with Crippen molar-refractivity contribution in [3.05, 3.63) is 0 Å². The van der Waals surface area contributed by atoms with E-state index in [1.54, 1.807) is 32.1 Å². The zero-order valence-corrected chi connectivity index (χ0v) is 44.5. The summed E-state index contributed by atoms with van der Waals surface area (Å²) in [5, 5.41) is 9.07. The van der Waals surface area contributed by atoms with Gasteiger partial charge in [-0.05, 0) is 49.9 Å². The van der Waals surface area contributed by atoms with Crippen LogP contribution in [0.4, 0.5) is 0 Å². The standard InChI is InChI=1S/C62H124O/c1-3-5-7-9-11-13-15-17-19-21-23-26-31-37-43-49-55-61-56-50-44-38-32-30-35-41-47-53-59-62(61,58-52-46-40-34-28-25-29-36-42-48-54-60-63)57-51-45-39-33-27-24-22-20-18-16-14-12-10-8-6-4-2/h61,63H,3-60H2,1-2H3. The molecule has 0 aliphatic heterocycles. The van der Waals surface area contributed by atoms with E-state index < -0.39 is 0 Å². The van der Waals surface area contributed by atoms with E-state index in [0.29, 0.717) is 12.0 Å². The van der Waals surface area contributed by atoms with Crippen molar-refractivity contribution in [1.29, 1.82) is 0 Å². The van der Waals surface area contributed by atoms with Gasteiger partial charge in [-0.15, -0.1) is 0 Å². The van der Waals surface area contributed by atoms with Crippen LogP contribution in [-0.4, -0.2) is 11.7 Å². The van der Waals surface area contributed by atoms with Crippen molar-refractivity contribution in [2.24, 2.45) is 11.3 Å². The molecule has 2 atom stereocenters. The zero-order chi connectivity index (χ0) is 45.1. The molecular weight excluding hydrogens is 761 g/mol. The fourth-order valence-electron chi connectivity index (χ4n) is 12.0. The Balaban J connectivity index is 2.65. The van der Waals surface area contributed by atoms with Gasteiger partial charge < -0.3 is 5.11 Å². The lowest BCUT2D eigenvalue weighted by Gasteiger charge is -2.43. The van der Waals surface area contributed by atoms with E-state index in [1.165, 1.54) is 327 Å². The lowest BCUT2D eigenvalue weighted by molar-refractivity contribution is 0.0816. The molecule has 0 bridgehead atoms. The molecule has 0 aromatic rings. The first-order chi connectivity index (χ1) is 31.3. The molecule has 0 amide bonds. The van der Waals surface area contributed by atoms with Gasteiger partial charge in [-0.25, -0.2) is 0 Å². The average Bonchev–Trinajstić information content (AvgIpc) is 3.31. The van der Waals surface area contributed by atoms with Crippen molar-refractivity contribution < 1.29 is 5.11 Å². The monoisotopic (exact) mass is 885 g/mol. The molecule has 0 heterocycles. The third kappa shape index (κ3) is 41.8.